The van der Waals surface area contributed by atoms with Gasteiger partial charge < -0.3 is 5.32 Å². The first-order chi connectivity index (χ1) is 13.0. The number of amides is 1. The molecule has 27 heavy (non-hydrogen) atoms. The van der Waals surface area contributed by atoms with Gasteiger partial charge in [-0.1, -0.05) is 0 Å². The van der Waals surface area contributed by atoms with Gasteiger partial charge in [0.25, 0.3) is 5.91 Å². The zero-order chi connectivity index (χ0) is 18.7. The van der Waals surface area contributed by atoms with Crippen LogP contribution in [0, 0.1) is 23.4 Å². The Morgan fingerprint density at radius 1 is 1.19 bits per heavy atom. The van der Waals surface area contributed by atoms with E-state index in [0.717, 1.165) is 29.8 Å². The number of hydrogen-bond acceptors (Lipinski definition) is 3. The number of nitrogens with one attached hydrogen (secondary N) is 1. The monoisotopic (exact) mass is 370 g/mol. The number of aromatic nitrogens is 3. The Balaban J connectivity index is 1.58. The second-order valence-corrected chi connectivity index (χ2v) is 6.81. The van der Waals surface area contributed by atoms with Crippen molar-refractivity contribution in [3.05, 3.63) is 70.9 Å². The lowest BCUT2D eigenvalue weighted by Gasteiger charge is -2.07. The molecule has 0 spiro atoms. The largest absolute Gasteiger partial charge is 0.303 e. The molecule has 0 unspecified atom stereocenters. The normalized spacial score (nSPS) is 19.5. The van der Waals surface area contributed by atoms with E-state index in [1.165, 1.54) is 29.1 Å². The molecular weight excluding hydrogens is 357 g/mol. The molecule has 2 atom stereocenters. The molecule has 2 aliphatic rings. The van der Waals surface area contributed by atoms with E-state index in [9.17, 15) is 18.0 Å². The highest BCUT2D eigenvalue weighted by atomic mass is 19.1. The molecule has 136 valence electrons. The third kappa shape index (κ3) is 2.51. The van der Waals surface area contributed by atoms with Crippen LogP contribution in [0.5, 0.6) is 0 Å². The summed E-state index contributed by atoms with van der Waals surface area (Å²) in [5, 5.41) is 6.71. The molecule has 8 heteroatoms. The highest BCUT2D eigenvalue weighted by molar-refractivity contribution is 6.03. The van der Waals surface area contributed by atoms with Crippen LogP contribution in [0.15, 0.2) is 36.5 Å². The fourth-order valence-electron chi connectivity index (χ4n) is 3.78. The average molecular weight is 370 g/mol. The Morgan fingerprint density at radius 2 is 2.04 bits per heavy atom. The molecule has 1 amide bonds. The molecule has 3 aromatic rings. The quantitative estimate of drug-likeness (QED) is 0.766. The van der Waals surface area contributed by atoms with Gasteiger partial charge in [-0.05, 0) is 43.0 Å². The Hall–Kier alpha value is -3.16. The molecule has 0 saturated heterocycles. The van der Waals surface area contributed by atoms with E-state index in [2.05, 4.69) is 15.4 Å². The third-order valence-corrected chi connectivity index (χ3v) is 5.11. The van der Waals surface area contributed by atoms with Crippen LogP contribution in [0.3, 0.4) is 0 Å². The van der Waals surface area contributed by atoms with Gasteiger partial charge in [-0.25, -0.2) is 22.8 Å². The highest BCUT2D eigenvalue weighted by Gasteiger charge is 2.50. The lowest BCUT2D eigenvalue weighted by atomic mass is 10.1. The Kier molecular flexibility index (Phi) is 3.37. The smallest absolute Gasteiger partial charge is 0.277 e. The van der Waals surface area contributed by atoms with Gasteiger partial charge in [-0.2, -0.15) is 5.10 Å². The van der Waals surface area contributed by atoms with Crippen LogP contribution in [0.1, 0.15) is 34.1 Å². The van der Waals surface area contributed by atoms with Crippen molar-refractivity contribution < 1.29 is 18.0 Å². The minimum atomic E-state index is -0.757. The summed E-state index contributed by atoms with van der Waals surface area (Å²) in [4.78, 5) is 16.5. The maximum absolute atomic E-state index is 14.3. The zero-order valence-electron chi connectivity index (χ0n) is 13.9. The topological polar surface area (TPSA) is 59.8 Å². The standard InChI is InChI=1S/C19H13F3N4O/c20-10-3-4-15(14(22)8-10)26-17-11-6-9(11)7-12(17)16(25-26)19(27)24-18-13(21)2-1-5-23-18/h1-5,8-9,11H,6-7H2,(H,23,24,27)/t9-,11-/m1/s1. The number of nitrogens with zero attached hydrogens (tertiary/aromatic N) is 3. The molecule has 5 rings (SSSR count). The summed E-state index contributed by atoms with van der Waals surface area (Å²) >= 11 is 0. The fraction of sp³-hybridized carbons (Fsp3) is 0.211. The minimum absolute atomic E-state index is 0.0864. The van der Waals surface area contributed by atoms with Crippen molar-refractivity contribution in [3.63, 3.8) is 0 Å². The summed E-state index contributed by atoms with van der Waals surface area (Å²) in [6.45, 7) is 0. The van der Waals surface area contributed by atoms with E-state index < -0.39 is 23.4 Å². The Morgan fingerprint density at radius 3 is 2.81 bits per heavy atom. The summed E-state index contributed by atoms with van der Waals surface area (Å²) < 4.78 is 42.7. The first-order valence-corrected chi connectivity index (χ1v) is 8.52. The molecule has 2 heterocycles. The van der Waals surface area contributed by atoms with E-state index in [1.54, 1.807) is 0 Å². The molecule has 0 bridgehead atoms. The van der Waals surface area contributed by atoms with Gasteiger partial charge in [-0.3, -0.25) is 4.79 Å². The minimum Gasteiger partial charge on any atom is -0.303 e. The van der Waals surface area contributed by atoms with Crippen molar-refractivity contribution in [1.82, 2.24) is 14.8 Å². The molecule has 0 radical (unpaired) electrons. The molecule has 0 aliphatic heterocycles. The molecule has 2 aromatic heterocycles. The molecule has 1 aromatic carbocycles. The van der Waals surface area contributed by atoms with Gasteiger partial charge in [0.1, 0.15) is 11.5 Å². The first kappa shape index (κ1) is 16.0. The lowest BCUT2D eigenvalue weighted by molar-refractivity contribution is 0.102. The summed E-state index contributed by atoms with van der Waals surface area (Å²) in [5.41, 5.74) is 1.71. The van der Waals surface area contributed by atoms with E-state index in [0.29, 0.717) is 12.3 Å². The summed E-state index contributed by atoms with van der Waals surface area (Å²) in [5.74, 6) is -2.28. The van der Waals surface area contributed by atoms with Crippen LogP contribution in [-0.4, -0.2) is 20.7 Å². The molecular formula is C19H13F3N4O. The van der Waals surface area contributed by atoms with Gasteiger partial charge >= 0.3 is 0 Å². The number of pyridine rings is 1. The van der Waals surface area contributed by atoms with Crippen LogP contribution < -0.4 is 5.32 Å². The van der Waals surface area contributed by atoms with Crippen molar-refractivity contribution in [3.8, 4) is 5.69 Å². The van der Waals surface area contributed by atoms with Gasteiger partial charge in [0, 0.05) is 23.7 Å². The maximum atomic E-state index is 14.3. The SMILES string of the molecule is O=C(Nc1ncccc1F)c1nn(-c2ccc(F)cc2F)c2c1C[C@H]1C[C@@H]21. The van der Waals surface area contributed by atoms with Crippen LogP contribution in [-0.2, 0) is 6.42 Å². The van der Waals surface area contributed by atoms with Crippen LogP contribution >= 0.6 is 0 Å². The van der Waals surface area contributed by atoms with Crippen molar-refractivity contribution in [1.29, 1.82) is 0 Å². The summed E-state index contributed by atoms with van der Waals surface area (Å²) in [6, 6.07) is 5.84. The maximum Gasteiger partial charge on any atom is 0.277 e. The van der Waals surface area contributed by atoms with Gasteiger partial charge in [0.05, 0.1) is 5.69 Å². The number of fused-ring (bicyclic) bond motifs is 3. The van der Waals surface area contributed by atoms with E-state index >= 15 is 0 Å². The number of carbonyl (C=O) groups is 1. The molecule has 1 saturated carbocycles. The van der Waals surface area contributed by atoms with Crippen molar-refractivity contribution in [2.75, 3.05) is 5.32 Å². The molecule has 5 nitrogen and oxygen atoms in total. The van der Waals surface area contributed by atoms with E-state index in [4.69, 9.17) is 0 Å². The first-order valence-electron chi connectivity index (χ1n) is 8.52. The summed E-state index contributed by atoms with van der Waals surface area (Å²) in [7, 11) is 0. The van der Waals surface area contributed by atoms with E-state index in [-0.39, 0.29) is 23.1 Å². The number of carbonyl (C=O) groups excluding carboxylic acids is 1. The second kappa shape index (κ2) is 5.67. The lowest BCUT2D eigenvalue weighted by Crippen LogP contribution is -2.17. The van der Waals surface area contributed by atoms with Crippen LogP contribution in [0.25, 0.3) is 5.69 Å². The predicted molar refractivity (Wildman–Crippen MR) is 90.2 cm³/mol. The zero-order valence-corrected chi connectivity index (χ0v) is 13.9. The highest BCUT2D eigenvalue weighted by Crippen LogP contribution is 2.57. The molecule has 2 aliphatic carbocycles. The number of anilines is 1. The average Bonchev–Trinajstić information content (AvgIpc) is 3.14. The molecule has 1 fully saturated rings. The number of benzene rings is 1. The van der Waals surface area contributed by atoms with Crippen molar-refractivity contribution in [2.45, 2.75) is 18.8 Å². The van der Waals surface area contributed by atoms with Gasteiger partial charge in [-0.15, -0.1) is 0 Å². The van der Waals surface area contributed by atoms with E-state index in [1.807, 2.05) is 0 Å². The van der Waals surface area contributed by atoms with Gasteiger partial charge in [0.2, 0.25) is 0 Å². The van der Waals surface area contributed by atoms with Crippen molar-refractivity contribution in [2.24, 2.45) is 5.92 Å². The van der Waals surface area contributed by atoms with Gasteiger partial charge in [0.15, 0.2) is 23.1 Å². The number of hydrogen-bond donors (Lipinski definition) is 1. The predicted octanol–water partition coefficient (Wildman–Crippen LogP) is 3.60. The number of rotatable bonds is 3. The summed E-state index contributed by atoms with van der Waals surface area (Å²) in [6.07, 6.45) is 2.98. The number of halogens is 3. The second-order valence-electron chi connectivity index (χ2n) is 6.81. The molecule has 1 N–H and O–H groups in total. The Bertz CT molecular complexity index is 1090. The van der Waals surface area contributed by atoms with Crippen molar-refractivity contribution >= 4 is 11.7 Å². The van der Waals surface area contributed by atoms with Crippen LogP contribution in [0.4, 0.5) is 19.0 Å². The fourth-order valence-corrected chi connectivity index (χ4v) is 3.78. The third-order valence-electron chi connectivity index (χ3n) is 5.11. The van der Waals surface area contributed by atoms with Crippen LogP contribution in [0.2, 0.25) is 0 Å². The Labute approximate surface area is 151 Å².